The zero-order chi connectivity index (χ0) is 25.4. The molecule has 1 amide bonds. The minimum absolute atomic E-state index is 0.0786. The molecule has 1 saturated heterocycles. The lowest BCUT2D eigenvalue weighted by Gasteiger charge is -2.23. The van der Waals surface area contributed by atoms with Crippen molar-refractivity contribution < 1.29 is 29.0 Å². The fraction of sp³-hybridized carbons (Fsp3) is 0.200. The van der Waals surface area contributed by atoms with Crippen LogP contribution in [0.4, 0.5) is 5.13 Å². The number of aromatic nitrogens is 1. The number of aryl methyl sites for hydroxylation is 2. The van der Waals surface area contributed by atoms with E-state index >= 15 is 0 Å². The van der Waals surface area contributed by atoms with E-state index < -0.39 is 23.7 Å². The topological polar surface area (TPSA) is 106 Å². The van der Waals surface area contributed by atoms with E-state index in [4.69, 9.17) is 9.47 Å². The maximum absolute atomic E-state index is 13.3. The average Bonchev–Trinajstić information content (AvgIpc) is 3.34. The summed E-state index contributed by atoms with van der Waals surface area (Å²) in [6.07, 6.45) is 0. The number of rotatable bonds is 5. The Balaban J connectivity index is 1.94. The van der Waals surface area contributed by atoms with E-state index in [1.807, 2.05) is 13.0 Å². The number of aliphatic hydroxyl groups excluding tert-OH is 1. The number of halogens is 1. The molecule has 3 aromatic rings. The van der Waals surface area contributed by atoms with Gasteiger partial charge in [0.15, 0.2) is 5.13 Å². The van der Waals surface area contributed by atoms with Crippen LogP contribution in [0.15, 0.2) is 52.5 Å². The first-order chi connectivity index (χ1) is 16.7. The molecule has 0 bridgehead atoms. The number of amides is 1. The summed E-state index contributed by atoms with van der Waals surface area (Å²) >= 11 is 4.38. The highest BCUT2D eigenvalue weighted by atomic mass is 79.9. The van der Waals surface area contributed by atoms with Gasteiger partial charge in [0.2, 0.25) is 0 Å². The number of thiazole rings is 1. The molecule has 1 aliphatic heterocycles. The van der Waals surface area contributed by atoms with Crippen LogP contribution >= 0.6 is 27.3 Å². The van der Waals surface area contributed by atoms with Crippen molar-refractivity contribution in [2.75, 3.05) is 19.1 Å². The molecule has 180 valence electrons. The molecular weight excluding hydrogens is 536 g/mol. The van der Waals surface area contributed by atoms with Crippen LogP contribution in [0, 0.1) is 13.8 Å². The van der Waals surface area contributed by atoms with Gasteiger partial charge < -0.3 is 14.6 Å². The van der Waals surface area contributed by atoms with E-state index in [1.54, 1.807) is 50.4 Å². The number of carbonyl (C=O) groups excluding carboxylic acids is 3. The van der Waals surface area contributed by atoms with Crippen LogP contribution in [0.3, 0.4) is 0 Å². The van der Waals surface area contributed by atoms with Gasteiger partial charge in [-0.05, 0) is 55.3 Å². The average molecular weight is 557 g/mol. The molecule has 4 rings (SSSR count). The number of benzene rings is 2. The zero-order valence-corrected chi connectivity index (χ0v) is 21.7. The molecule has 1 atom stereocenters. The summed E-state index contributed by atoms with van der Waals surface area (Å²) in [4.78, 5) is 44.6. The Kier molecular flexibility index (Phi) is 6.77. The summed E-state index contributed by atoms with van der Waals surface area (Å²) in [5.74, 6) is -1.99. The van der Waals surface area contributed by atoms with E-state index in [0.717, 1.165) is 21.4 Å². The predicted octanol–water partition coefficient (Wildman–Crippen LogP) is 4.94. The van der Waals surface area contributed by atoms with E-state index in [-0.39, 0.29) is 21.3 Å². The van der Waals surface area contributed by atoms with Gasteiger partial charge >= 0.3 is 11.9 Å². The number of aliphatic hydroxyl groups is 1. The number of methoxy groups -OCH3 is 2. The Morgan fingerprint density at radius 2 is 1.89 bits per heavy atom. The van der Waals surface area contributed by atoms with E-state index in [0.29, 0.717) is 22.6 Å². The van der Waals surface area contributed by atoms with Gasteiger partial charge in [-0.1, -0.05) is 39.4 Å². The van der Waals surface area contributed by atoms with Gasteiger partial charge in [-0.2, -0.15) is 0 Å². The molecular formula is C25H21BrN2O6S. The largest absolute Gasteiger partial charge is 0.507 e. The molecule has 0 aliphatic carbocycles. The zero-order valence-electron chi connectivity index (χ0n) is 19.3. The number of nitrogens with zero attached hydrogens (tertiary/aromatic N) is 2. The van der Waals surface area contributed by atoms with Gasteiger partial charge in [-0.15, -0.1) is 0 Å². The summed E-state index contributed by atoms with van der Waals surface area (Å²) < 4.78 is 10.8. The SMILES string of the molecule is COC(=O)c1sc(N2C(=O)C(=O)C(=C(O)c3ccc(OC)c(C)c3)[C@H]2c2cccc(Br)c2)nc1C. The molecule has 0 radical (unpaired) electrons. The highest BCUT2D eigenvalue weighted by molar-refractivity contribution is 9.10. The fourth-order valence-corrected chi connectivity index (χ4v) is 5.40. The minimum atomic E-state index is -0.967. The summed E-state index contributed by atoms with van der Waals surface area (Å²) in [6, 6.07) is 11.1. The van der Waals surface area contributed by atoms with Crippen molar-refractivity contribution in [3.8, 4) is 5.75 Å². The third-order valence-electron chi connectivity index (χ3n) is 5.64. The smallest absolute Gasteiger partial charge is 0.350 e. The number of hydrogen-bond acceptors (Lipinski definition) is 8. The first-order valence-electron chi connectivity index (χ1n) is 10.4. The van der Waals surface area contributed by atoms with Gasteiger partial charge in [0.05, 0.1) is 31.5 Å². The number of ketones is 1. The summed E-state index contributed by atoms with van der Waals surface area (Å²) in [5, 5.41) is 11.4. The normalized spacial score (nSPS) is 17.1. The number of anilines is 1. The number of carbonyl (C=O) groups is 3. The van der Waals surface area contributed by atoms with Crippen LogP contribution in [0.25, 0.3) is 5.76 Å². The Hall–Kier alpha value is -3.50. The third kappa shape index (κ3) is 4.35. The van der Waals surface area contributed by atoms with Crippen LogP contribution in [-0.2, 0) is 14.3 Å². The maximum atomic E-state index is 13.3. The highest BCUT2D eigenvalue weighted by Crippen LogP contribution is 2.44. The third-order valence-corrected chi connectivity index (χ3v) is 7.27. The highest BCUT2D eigenvalue weighted by Gasteiger charge is 2.48. The Morgan fingerprint density at radius 3 is 2.51 bits per heavy atom. The van der Waals surface area contributed by atoms with Gasteiger partial charge in [-0.25, -0.2) is 9.78 Å². The van der Waals surface area contributed by atoms with Crippen LogP contribution in [0.2, 0.25) is 0 Å². The molecule has 2 heterocycles. The van der Waals surface area contributed by atoms with E-state index in [9.17, 15) is 19.5 Å². The van der Waals surface area contributed by atoms with Crippen LogP contribution in [-0.4, -0.2) is 42.0 Å². The molecule has 35 heavy (non-hydrogen) atoms. The standard InChI is InChI=1S/C25H21BrN2O6S/c1-12-10-15(8-9-17(12)33-3)20(29)18-19(14-6-5-7-16(26)11-14)28(23(31)21(18)30)25-27-13(2)22(35-25)24(32)34-4/h5-11,19,29H,1-4H3/t19-/m1/s1. The van der Waals surface area contributed by atoms with Gasteiger partial charge in [0, 0.05) is 10.0 Å². The fourth-order valence-electron chi connectivity index (χ4n) is 3.97. The van der Waals surface area contributed by atoms with Gasteiger partial charge in [0.1, 0.15) is 16.4 Å². The van der Waals surface area contributed by atoms with Crippen LogP contribution < -0.4 is 9.64 Å². The van der Waals surface area contributed by atoms with Gasteiger partial charge in [0.25, 0.3) is 5.78 Å². The van der Waals surface area contributed by atoms with Crippen molar-refractivity contribution in [3.05, 3.63) is 79.8 Å². The van der Waals surface area contributed by atoms with Crippen molar-refractivity contribution in [3.63, 3.8) is 0 Å². The van der Waals surface area contributed by atoms with Gasteiger partial charge in [-0.3, -0.25) is 14.5 Å². The van der Waals surface area contributed by atoms with Crippen molar-refractivity contribution in [2.45, 2.75) is 19.9 Å². The second-order valence-corrected chi connectivity index (χ2v) is 9.70. The number of esters is 1. The maximum Gasteiger partial charge on any atom is 0.350 e. The van der Waals surface area contributed by atoms with Crippen molar-refractivity contribution >= 4 is 55.8 Å². The second-order valence-electron chi connectivity index (χ2n) is 7.81. The molecule has 1 fully saturated rings. The first kappa shape index (κ1) is 24.6. The minimum Gasteiger partial charge on any atom is -0.507 e. The predicted molar refractivity (Wildman–Crippen MR) is 135 cm³/mol. The van der Waals surface area contributed by atoms with E-state index in [1.165, 1.54) is 12.0 Å². The lowest BCUT2D eigenvalue weighted by molar-refractivity contribution is -0.132. The molecule has 0 unspecified atom stereocenters. The molecule has 0 saturated carbocycles. The summed E-state index contributed by atoms with van der Waals surface area (Å²) in [7, 11) is 2.80. The van der Waals surface area contributed by atoms with Crippen molar-refractivity contribution in [1.29, 1.82) is 0 Å². The molecule has 8 nitrogen and oxygen atoms in total. The molecule has 10 heteroatoms. The quantitative estimate of drug-likeness (QED) is 0.205. The number of Topliss-reactive ketones (excluding diaryl/α,β-unsaturated/α-hetero) is 1. The number of hydrogen-bond donors (Lipinski definition) is 1. The lowest BCUT2D eigenvalue weighted by atomic mass is 9.95. The molecule has 1 N–H and O–H groups in total. The monoisotopic (exact) mass is 556 g/mol. The molecule has 1 aliphatic rings. The van der Waals surface area contributed by atoms with Crippen LogP contribution in [0.1, 0.15) is 38.1 Å². The second kappa shape index (κ2) is 9.63. The number of ether oxygens (including phenoxy) is 2. The molecule has 2 aromatic carbocycles. The molecule has 0 spiro atoms. The Labute approximate surface area is 213 Å². The van der Waals surface area contributed by atoms with Crippen LogP contribution in [0.5, 0.6) is 5.75 Å². The summed E-state index contributed by atoms with van der Waals surface area (Å²) in [5.41, 5.74) is 2.00. The van der Waals surface area contributed by atoms with Crippen molar-refractivity contribution in [1.82, 2.24) is 4.98 Å². The van der Waals surface area contributed by atoms with E-state index in [2.05, 4.69) is 20.9 Å². The lowest BCUT2D eigenvalue weighted by Crippen LogP contribution is -2.29. The molecule has 1 aromatic heterocycles. The first-order valence-corrected chi connectivity index (χ1v) is 12.1. The Morgan fingerprint density at radius 1 is 1.14 bits per heavy atom. The Bertz CT molecular complexity index is 1400. The van der Waals surface area contributed by atoms with Crippen molar-refractivity contribution in [2.24, 2.45) is 0 Å². The summed E-state index contributed by atoms with van der Waals surface area (Å²) in [6.45, 7) is 3.43.